The van der Waals surface area contributed by atoms with Gasteiger partial charge in [-0.3, -0.25) is 19.3 Å². The number of rotatable bonds is 8. The first-order valence-corrected chi connectivity index (χ1v) is 13.4. The van der Waals surface area contributed by atoms with Crippen molar-refractivity contribution < 1.29 is 9.59 Å². The van der Waals surface area contributed by atoms with Gasteiger partial charge in [0.1, 0.15) is 10.7 Å². The highest BCUT2D eigenvalue weighted by Crippen LogP contribution is 2.33. The van der Waals surface area contributed by atoms with Crippen LogP contribution in [0.15, 0.2) is 4.79 Å². The number of thiophene rings is 1. The molecule has 1 saturated heterocycles. The molecule has 2 N–H and O–H groups in total. The number of amides is 2. The average molecular weight is 478 g/mol. The molecule has 0 radical (unpaired) electrons. The molecule has 32 heavy (non-hydrogen) atoms. The lowest BCUT2D eigenvalue weighted by molar-refractivity contribution is -0.130. The Kier molecular flexibility index (Phi) is 7.85. The van der Waals surface area contributed by atoms with Gasteiger partial charge in [0.05, 0.1) is 23.4 Å². The Morgan fingerprint density at radius 3 is 2.75 bits per heavy atom. The zero-order valence-corrected chi connectivity index (χ0v) is 20.2. The summed E-state index contributed by atoms with van der Waals surface area (Å²) < 4.78 is 0. The summed E-state index contributed by atoms with van der Waals surface area (Å²) >= 11 is 3.13. The van der Waals surface area contributed by atoms with Gasteiger partial charge in [0.25, 0.3) is 5.56 Å². The number of nitrogens with zero attached hydrogens (tertiary/aromatic N) is 3. The zero-order valence-electron chi connectivity index (χ0n) is 18.6. The number of nitrogens with one attached hydrogen (secondary N) is 2. The normalized spacial score (nSPS) is 16.8. The Hall–Kier alpha value is -1.91. The molecule has 2 amide bonds. The summed E-state index contributed by atoms with van der Waals surface area (Å²) in [6.07, 6.45) is 5.27. The summed E-state index contributed by atoms with van der Waals surface area (Å²) in [6.45, 7) is 5.84. The van der Waals surface area contributed by atoms with E-state index < -0.39 is 0 Å². The summed E-state index contributed by atoms with van der Waals surface area (Å²) in [6, 6.07) is 0. The maximum absolute atomic E-state index is 12.6. The number of H-pyrrole nitrogens is 1. The van der Waals surface area contributed by atoms with Gasteiger partial charge in [-0.25, -0.2) is 4.98 Å². The van der Waals surface area contributed by atoms with Crippen LogP contribution in [0.2, 0.25) is 0 Å². The van der Waals surface area contributed by atoms with Crippen molar-refractivity contribution in [2.24, 2.45) is 0 Å². The Bertz CT molecular complexity index is 1030. The first kappa shape index (κ1) is 23.3. The van der Waals surface area contributed by atoms with E-state index in [2.05, 4.69) is 20.2 Å². The molecule has 8 nitrogen and oxygen atoms in total. The minimum absolute atomic E-state index is 0.0459. The van der Waals surface area contributed by atoms with E-state index in [0.717, 1.165) is 35.9 Å². The fourth-order valence-corrected chi connectivity index (χ4v) is 6.35. The molecule has 1 aliphatic heterocycles. The molecule has 0 saturated carbocycles. The molecule has 3 heterocycles. The Labute approximate surface area is 196 Å². The van der Waals surface area contributed by atoms with Gasteiger partial charge < -0.3 is 15.2 Å². The van der Waals surface area contributed by atoms with Crippen molar-refractivity contribution in [3.8, 4) is 0 Å². The lowest BCUT2D eigenvalue weighted by Gasteiger charge is -2.34. The van der Waals surface area contributed by atoms with Crippen molar-refractivity contribution in [2.45, 2.75) is 44.8 Å². The van der Waals surface area contributed by atoms with Gasteiger partial charge in [-0.2, -0.15) is 0 Å². The third-order valence-corrected chi connectivity index (χ3v) is 8.12. The van der Waals surface area contributed by atoms with Crippen LogP contribution in [-0.2, 0) is 28.2 Å². The highest BCUT2D eigenvalue weighted by molar-refractivity contribution is 7.99. The van der Waals surface area contributed by atoms with E-state index in [4.69, 9.17) is 0 Å². The van der Waals surface area contributed by atoms with Crippen molar-refractivity contribution in [1.29, 1.82) is 0 Å². The monoisotopic (exact) mass is 477 g/mol. The van der Waals surface area contributed by atoms with Crippen LogP contribution < -0.4 is 10.9 Å². The van der Waals surface area contributed by atoms with Crippen LogP contribution in [0.4, 0.5) is 0 Å². The molecule has 4 rings (SSSR count). The van der Waals surface area contributed by atoms with E-state index in [9.17, 15) is 14.4 Å². The predicted molar refractivity (Wildman–Crippen MR) is 129 cm³/mol. The minimum Gasteiger partial charge on any atom is -0.355 e. The number of fused-ring (bicyclic) bond motifs is 3. The van der Waals surface area contributed by atoms with Gasteiger partial charge in [0.15, 0.2) is 0 Å². The number of hydrogen-bond acceptors (Lipinski definition) is 7. The van der Waals surface area contributed by atoms with Crippen molar-refractivity contribution in [2.75, 3.05) is 45.0 Å². The summed E-state index contributed by atoms with van der Waals surface area (Å²) in [7, 11) is 0. The molecule has 1 aliphatic carbocycles. The number of carbonyl (C=O) groups excluding carboxylic acids is 2. The molecule has 0 unspecified atom stereocenters. The average Bonchev–Trinajstić information content (AvgIpc) is 3.17. The van der Waals surface area contributed by atoms with Crippen LogP contribution in [0.25, 0.3) is 10.2 Å². The third-order valence-electron chi connectivity index (χ3n) is 6.00. The Morgan fingerprint density at radius 2 is 1.97 bits per heavy atom. The number of hydrogen-bond donors (Lipinski definition) is 2. The minimum atomic E-state index is -0.0459. The summed E-state index contributed by atoms with van der Waals surface area (Å²) in [5.74, 6) is 1.66. The van der Waals surface area contributed by atoms with Crippen LogP contribution in [0.3, 0.4) is 0 Å². The van der Waals surface area contributed by atoms with Crippen LogP contribution >= 0.6 is 23.1 Å². The second-order valence-electron chi connectivity index (χ2n) is 8.40. The van der Waals surface area contributed by atoms with E-state index >= 15 is 0 Å². The van der Waals surface area contributed by atoms with Crippen molar-refractivity contribution in [1.82, 2.24) is 25.1 Å². The van der Waals surface area contributed by atoms with Crippen LogP contribution in [-0.4, -0.2) is 76.6 Å². The quantitative estimate of drug-likeness (QED) is 0.601. The molecule has 0 aromatic carbocycles. The lowest BCUT2D eigenvalue weighted by atomic mass is 9.97. The number of piperazine rings is 1. The number of aryl methyl sites for hydroxylation is 2. The van der Waals surface area contributed by atoms with Crippen molar-refractivity contribution >= 4 is 45.1 Å². The summed E-state index contributed by atoms with van der Waals surface area (Å²) in [4.78, 5) is 50.8. The predicted octanol–water partition coefficient (Wildman–Crippen LogP) is 1.77. The highest BCUT2D eigenvalue weighted by Gasteiger charge is 2.23. The van der Waals surface area contributed by atoms with E-state index in [1.165, 1.54) is 28.6 Å². The zero-order chi connectivity index (χ0) is 22.5. The first-order valence-electron chi connectivity index (χ1n) is 11.4. The molecule has 0 spiro atoms. The third kappa shape index (κ3) is 5.52. The molecule has 2 aliphatic rings. The number of carbonyl (C=O) groups is 2. The molecular formula is C22H31N5O3S2. The second kappa shape index (κ2) is 10.8. The van der Waals surface area contributed by atoms with Gasteiger partial charge in [-0.1, -0.05) is 6.92 Å². The van der Waals surface area contributed by atoms with Crippen molar-refractivity contribution in [3.63, 3.8) is 0 Å². The maximum Gasteiger partial charge on any atom is 0.259 e. The standard InChI is InChI=1S/C22H31N5O3S2/c1-2-7-23-18(28)12-26-8-10-27(11-9-26)19(29)14-31-13-17-24-21(30)20-15-5-3-4-6-16(15)32-22(20)25-17/h2-14H2,1H3,(H,23,28)(H,24,25,30). The molecule has 1 fully saturated rings. The van der Waals surface area contributed by atoms with Crippen LogP contribution in [0.1, 0.15) is 42.5 Å². The lowest BCUT2D eigenvalue weighted by Crippen LogP contribution is -2.51. The van der Waals surface area contributed by atoms with Gasteiger partial charge in [-0.15, -0.1) is 23.1 Å². The van der Waals surface area contributed by atoms with Crippen molar-refractivity contribution in [3.05, 3.63) is 26.6 Å². The van der Waals surface area contributed by atoms with E-state index in [0.29, 0.717) is 56.6 Å². The van der Waals surface area contributed by atoms with E-state index in [1.54, 1.807) is 11.3 Å². The van der Waals surface area contributed by atoms with Gasteiger partial charge in [-0.05, 0) is 37.7 Å². The van der Waals surface area contributed by atoms with Gasteiger partial charge >= 0.3 is 0 Å². The topological polar surface area (TPSA) is 98.4 Å². The SMILES string of the molecule is CCCNC(=O)CN1CCN(C(=O)CSCc2nc3sc4c(c3c(=O)[nH]2)CCCC4)CC1. The summed E-state index contributed by atoms with van der Waals surface area (Å²) in [5.41, 5.74) is 1.15. The number of aromatic amines is 1. The van der Waals surface area contributed by atoms with Gasteiger partial charge in [0, 0.05) is 37.6 Å². The second-order valence-corrected chi connectivity index (χ2v) is 10.5. The number of aromatic nitrogens is 2. The molecule has 0 atom stereocenters. The molecule has 174 valence electrons. The van der Waals surface area contributed by atoms with Gasteiger partial charge in [0.2, 0.25) is 11.8 Å². The van der Waals surface area contributed by atoms with E-state index in [1.807, 2.05) is 11.8 Å². The number of thioether (sulfide) groups is 1. The maximum atomic E-state index is 12.6. The molecule has 2 aromatic rings. The highest BCUT2D eigenvalue weighted by atomic mass is 32.2. The Morgan fingerprint density at radius 1 is 1.19 bits per heavy atom. The fourth-order valence-electron chi connectivity index (χ4n) is 4.28. The molecule has 2 aromatic heterocycles. The smallest absolute Gasteiger partial charge is 0.259 e. The van der Waals surface area contributed by atoms with Crippen LogP contribution in [0.5, 0.6) is 0 Å². The summed E-state index contributed by atoms with van der Waals surface area (Å²) in [5, 5.41) is 3.67. The van der Waals surface area contributed by atoms with Crippen LogP contribution in [0, 0.1) is 0 Å². The molecular weight excluding hydrogens is 446 g/mol. The van der Waals surface area contributed by atoms with E-state index in [-0.39, 0.29) is 17.4 Å². The first-order chi connectivity index (χ1) is 15.5. The Balaban J connectivity index is 1.24. The largest absolute Gasteiger partial charge is 0.355 e. The molecule has 0 bridgehead atoms. The molecule has 10 heteroatoms. The fraction of sp³-hybridized carbons (Fsp3) is 0.636.